The van der Waals surface area contributed by atoms with Crippen LogP contribution in [0.1, 0.15) is 0 Å². The third-order valence-electron chi connectivity index (χ3n) is 2.92. The van der Waals surface area contributed by atoms with E-state index < -0.39 is 5.97 Å². The lowest BCUT2D eigenvalue weighted by atomic mass is 10.3. The predicted octanol–water partition coefficient (Wildman–Crippen LogP) is 4.45. The molecule has 0 bridgehead atoms. The first-order valence-electron chi connectivity index (χ1n) is 7.05. The molecular weight excluding hydrogens is 410 g/mol. The molecule has 0 aliphatic heterocycles. The number of ether oxygens (including phenoxy) is 1. The smallest absolute Gasteiger partial charge is 0.316 e. The maximum absolute atomic E-state index is 11.9. The minimum absolute atomic E-state index is 0.163. The zero-order valence-electron chi connectivity index (χ0n) is 13.0. The molecule has 7 heteroatoms. The summed E-state index contributed by atoms with van der Waals surface area (Å²) in [4.78, 5) is 25.5. The summed E-state index contributed by atoms with van der Waals surface area (Å²) in [7, 11) is 0. The molecule has 0 saturated carbocycles. The van der Waals surface area contributed by atoms with Crippen molar-refractivity contribution in [3.8, 4) is 0 Å². The molecule has 0 saturated heterocycles. The second kappa shape index (κ2) is 9.76. The molecule has 4 nitrogen and oxygen atoms in total. The van der Waals surface area contributed by atoms with Gasteiger partial charge in [0, 0.05) is 14.3 Å². The number of thioether (sulfide) groups is 2. The number of benzene rings is 2. The van der Waals surface area contributed by atoms with E-state index in [2.05, 4.69) is 21.2 Å². The van der Waals surface area contributed by atoms with E-state index in [1.54, 1.807) is 0 Å². The zero-order chi connectivity index (χ0) is 17.4. The monoisotopic (exact) mass is 425 g/mol. The van der Waals surface area contributed by atoms with E-state index >= 15 is 0 Å². The molecule has 0 spiro atoms. The highest BCUT2D eigenvalue weighted by Crippen LogP contribution is 2.24. The Balaban J connectivity index is 1.74. The molecule has 24 heavy (non-hydrogen) atoms. The molecular formula is C17H16BrNO3S2. The summed E-state index contributed by atoms with van der Waals surface area (Å²) in [6, 6.07) is 15.1. The summed E-state index contributed by atoms with van der Waals surface area (Å²) in [5, 5.41) is 2.75. The van der Waals surface area contributed by atoms with E-state index in [0.717, 1.165) is 20.0 Å². The standard InChI is InChI=1S/C17H16BrNO3S2/c1-23-15-5-3-2-4-14(15)19-16(20)10-22-17(21)11-24-13-8-6-12(18)7-9-13/h2-9H,10-11H2,1H3,(H,19,20). The molecule has 2 rings (SSSR count). The van der Waals surface area contributed by atoms with Gasteiger partial charge in [-0.05, 0) is 42.7 Å². The van der Waals surface area contributed by atoms with Gasteiger partial charge in [0.2, 0.25) is 0 Å². The van der Waals surface area contributed by atoms with E-state index in [-0.39, 0.29) is 18.3 Å². The molecule has 0 radical (unpaired) electrons. The summed E-state index contributed by atoms with van der Waals surface area (Å²) in [5.41, 5.74) is 0.718. The highest BCUT2D eigenvalue weighted by molar-refractivity contribution is 9.10. The molecule has 2 aromatic rings. The number of halogens is 1. The summed E-state index contributed by atoms with van der Waals surface area (Å²) >= 11 is 6.26. The number of esters is 1. The summed E-state index contributed by atoms with van der Waals surface area (Å²) in [6.07, 6.45) is 1.93. The highest BCUT2D eigenvalue weighted by Gasteiger charge is 2.10. The van der Waals surface area contributed by atoms with Gasteiger partial charge in [0.25, 0.3) is 5.91 Å². The van der Waals surface area contributed by atoms with Gasteiger partial charge in [-0.3, -0.25) is 9.59 Å². The van der Waals surface area contributed by atoms with E-state index in [1.165, 1.54) is 23.5 Å². The van der Waals surface area contributed by atoms with Crippen molar-refractivity contribution in [1.82, 2.24) is 0 Å². The van der Waals surface area contributed by atoms with E-state index in [1.807, 2.05) is 54.8 Å². The van der Waals surface area contributed by atoms with Crippen molar-refractivity contribution in [2.45, 2.75) is 9.79 Å². The van der Waals surface area contributed by atoms with Crippen LogP contribution in [0.5, 0.6) is 0 Å². The lowest BCUT2D eigenvalue weighted by Gasteiger charge is -2.09. The Labute approximate surface area is 157 Å². The van der Waals surface area contributed by atoms with Crippen LogP contribution in [0.2, 0.25) is 0 Å². The van der Waals surface area contributed by atoms with E-state index in [9.17, 15) is 9.59 Å². The number of para-hydroxylation sites is 1. The van der Waals surface area contributed by atoms with Crippen LogP contribution in [-0.2, 0) is 14.3 Å². The molecule has 1 amide bonds. The van der Waals surface area contributed by atoms with Crippen LogP contribution in [0.15, 0.2) is 62.8 Å². The van der Waals surface area contributed by atoms with Crippen LogP contribution in [0, 0.1) is 0 Å². The largest absolute Gasteiger partial charge is 0.455 e. The number of hydrogen-bond donors (Lipinski definition) is 1. The number of nitrogens with one attached hydrogen (secondary N) is 1. The first-order valence-corrected chi connectivity index (χ1v) is 10.1. The van der Waals surface area contributed by atoms with Crippen LogP contribution >= 0.6 is 39.5 Å². The average molecular weight is 426 g/mol. The first-order chi connectivity index (χ1) is 11.6. The quantitative estimate of drug-likeness (QED) is 0.524. The lowest BCUT2D eigenvalue weighted by Crippen LogP contribution is -2.21. The van der Waals surface area contributed by atoms with Crippen LogP contribution in [0.25, 0.3) is 0 Å². The maximum atomic E-state index is 11.9. The molecule has 0 atom stereocenters. The molecule has 1 N–H and O–H groups in total. The number of rotatable bonds is 7. The Morgan fingerprint density at radius 1 is 1.12 bits per heavy atom. The average Bonchev–Trinajstić information content (AvgIpc) is 2.60. The fourth-order valence-electron chi connectivity index (χ4n) is 1.79. The summed E-state index contributed by atoms with van der Waals surface area (Å²) in [6.45, 7) is -0.289. The molecule has 126 valence electrons. The SMILES string of the molecule is CSc1ccccc1NC(=O)COC(=O)CSc1ccc(Br)cc1. The second-order valence-electron chi connectivity index (χ2n) is 4.65. The summed E-state index contributed by atoms with van der Waals surface area (Å²) < 4.78 is 5.99. The number of hydrogen-bond acceptors (Lipinski definition) is 5. The topological polar surface area (TPSA) is 55.4 Å². The molecule has 0 aromatic heterocycles. The van der Waals surface area contributed by atoms with Crippen LogP contribution in [0.3, 0.4) is 0 Å². The van der Waals surface area contributed by atoms with Crippen molar-refractivity contribution in [2.24, 2.45) is 0 Å². The van der Waals surface area contributed by atoms with Gasteiger partial charge < -0.3 is 10.1 Å². The Morgan fingerprint density at radius 3 is 2.54 bits per heavy atom. The fourth-order valence-corrected chi connectivity index (χ4v) is 3.31. The third-order valence-corrected chi connectivity index (χ3v) is 5.23. The zero-order valence-corrected chi connectivity index (χ0v) is 16.2. The Morgan fingerprint density at radius 2 is 1.83 bits per heavy atom. The lowest BCUT2D eigenvalue weighted by molar-refractivity contribution is -0.144. The number of anilines is 1. The van der Waals surface area contributed by atoms with Gasteiger partial charge in [-0.25, -0.2) is 0 Å². The van der Waals surface area contributed by atoms with Crippen molar-refractivity contribution in [1.29, 1.82) is 0 Å². The number of carbonyl (C=O) groups excluding carboxylic acids is 2. The fraction of sp³-hybridized carbons (Fsp3) is 0.176. The Hall–Kier alpha value is -1.44. The molecule has 0 aliphatic carbocycles. The number of carbonyl (C=O) groups is 2. The van der Waals surface area contributed by atoms with Crippen molar-refractivity contribution in [3.63, 3.8) is 0 Å². The molecule has 0 heterocycles. The number of amides is 1. The van der Waals surface area contributed by atoms with Gasteiger partial charge in [-0.15, -0.1) is 23.5 Å². The van der Waals surface area contributed by atoms with Gasteiger partial charge in [-0.1, -0.05) is 28.1 Å². The van der Waals surface area contributed by atoms with Gasteiger partial charge in [0.1, 0.15) is 0 Å². The summed E-state index contributed by atoms with van der Waals surface area (Å²) in [5.74, 6) is -0.606. The van der Waals surface area contributed by atoms with Crippen molar-refractivity contribution >= 4 is 57.0 Å². The normalized spacial score (nSPS) is 10.2. The van der Waals surface area contributed by atoms with Crippen LogP contribution in [0.4, 0.5) is 5.69 Å². The van der Waals surface area contributed by atoms with Gasteiger partial charge in [0.15, 0.2) is 6.61 Å². The maximum Gasteiger partial charge on any atom is 0.316 e. The molecule has 0 fully saturated rings. The van der Waals surface area contributed by atoms with Gasteiger partial charge in [0.05, 0.1) is 11.4 Å². The van der Waals surface area contributed by atoms with E-state index in [0.29, 0.717) is 0 Å². The Bertz CT molecular complexity index is 707. The minimum atomic E-state index is -0.420. The van der Waals surface area contributed by atoms with Crippen LogP contribution in [-0.4, -0.2) is 30.5 Å². The van der Waals surface area contributed by atoms with Gasteiger partial charge in [-0.2, -0.15) is 0 Å². The van der Waals surface area contributed by atoms with E-state index in [4.69, 9.17) is 4.74 Å². The van der Waals surface area contributed by atoms with Crippen LogP contribution < -0.4 is 5.32 Å². The Kier molecular flexibility index (Phi) is 7.68. The molecule has 0 aliphatic rings. The first kappa shape index (κ1) is 18.9. The predicted molar refractivity (Wildman–Crippen MR) is 103 cm³/mol. The molecule has 0 unspecified atom stereocenters. The third kappa shape index (κ3) is 6.22. The van der Waals surface area contributed by atoms with Crippen molar-refractivity contribution in [2.75, 3.05) is 23.9 Å². The highest BCUT2D eigenvalue weighted by atomic mass is 79.9. The van der Waals surface area contributed by atoms with Crippen molar-refractivity contribution in [3.05, 3.63) is 53.0 Å². The minimum Gasteiger partial charge on any atom is -0.455 e. The van der Waals surface area contributed by atoms with Crippen molar-refractivity contribution < 1.29 is 14.3 Å². The van der Waals surface area contributed by atoms with Gasteiger partial charge >= 0.3 is 5.97 Å². The molecule has 2 aromatic carbocycles. The second-order valence-corrected chi connectivity index (χ2v) is 7.46.